The minimum Gasteiger partial charge on any atom is -0.389 e. The van der Waals surface area contributed by atoms with Crippen molar-refractivity contribution in [3.8, 4) is 0 Å². The van der Waals surface area contributed by atoms with E-state index in [1.54, 1.807) is 0 Å². The number of rotatable bonds is 5. The van der Waals surface area contributed by atoms with Gasteiger partial charge in [-0.25, -0.2) is 0 Å². The number of nitrogens with one attached hydrogen (secondary N) is 1. The summed E-state index contributed by atoms with van der Waals surface area (Å²) in [5, 5.41) is 13.4. The molecule has 0 spiro atoms. The fraction of sp³-hybridized carbons (Fsp3) is 1.00. The summed E-state index contributed by atoms with van der Waals surface area (Å²) in [6.07, 6.45) is 2.27. The number of ether oxygens (including phenoxy) is 1. The molecule has 3 heteroatoms. The Morgan fingerprint density at radius 3 is 2.67 bits per heavy atom. The van der Waals surface area contributed by atoms with Crippen molar-refractivity contribution in [3.63, 3.8) is 0 Å². The highest BCUT2D eigenvalue weighted by Gasteiger charge is 2.31. The van der Waals surface area contributed by atoms with Crippen molar-refractivity contribution in [1.82, 2.24) is 5.32 Å². The molecular weight excluding hydrogens is 190 g/mol. The lowest BCUT2D eigenvalue weighted by atomic mass is 9.92. The second-order valence-corrected chi connectivity index (χ2v) is 5.52. The molecule has 15 heavy (non-hydrogen) atoms. The highest BCUT2D eigenvalue weighted by atomic mass is 16.5. The first-order chi connectivity index (χ1) is 6.86. The number of hydrogen-bond donors (Lipinski definition) is 2. The molecule has 2 atom stereocenters. The van der Waals surface area contributed by atoms with Gasteiger partial charge in [0.2, 0.25) is 0 Å². The van der Waals surface area contributed by atoms with Crippen LogP contribution in [0.5, 0.6) is 0 Å². The molecule has 0 amide bonds. The van der Waals surface area contributed by atoms with Gasteiger partial charge in [0.1, 0.15) is 0 Å². The maximum absolute atomic E-state index is 10.0. The summed E-state index contributed by atoms with van der Waals surface area (Å²) in [5.41, 5.74) is -0.651. The van der Waals surface area contributed by atoms with Crippen LogP contribution in [0.15, 0.2) is 0 Å². The molecule has 1 saturated heterocycles. The van der Waals surface area contributed by atoms with Crippen molar-refractivity contribution in [2.45, 2.75) is 51.7 Å². The third-order valence-corrected chi connectivity index (χ3v) is 3.53. The Kier molecular flexibility index (Phi) is 4.15. The maximum Gasteiger partial charge on any atom is 0.0779 e. The quantitative estimate of drug-likeness (QED) is 0.731. The van der Waals surface area contributed by atoms with Crippen molar-refractivity contribution in [3.05, 3.63) is 0 Å². The first kappa shape index (κ1) is 12.9. The molecule has 0 aliphatic carbocycles. The Hall–Kier alpha value is -0.120. The van der Waals surface area contributed by atoms with Gasteiger partial charge in [-0.1, -0.05) is 13.8 Å². The molecule has 1 aliphatic rings. The predicted octanol–water partition coefficient (Wildman–Crippen LogP) is 1.55. The monoisotopic (exact) mass is 215 g/mol. The first-order valence-electron chi connectivity index (χ1n) is 5.93. The van der Waals surface area contributed by atoms with Crippen molar-refractivity contribution in [2.24, 2.45) is 5.92 Å². The van der Waals surface area contributed by atoms with Crippen molar-refractivity contribution < 1.29 is 9.84 Å². The van der Waals surface area contributed by atoms with Gasteiger partial charge in [0.15, 0.2) is 0 Å². The van der Waals surface area contributed by atoms with E-state index in [0.717, 1.165) is 26.0 Å². The molecule has 1 aliphatic heterocycles. The van der Waals surface area contributed by atoms with Crippen LogP contribution >= 0.6 is 0 Å². The van der Waals surface area contributed by atoms with Gasteiger partial charge in [0.05, 0.1) is 11.2 Å². The predicted molar refractivity (Wildman–Crippen MR) is 61.9 cm³/mol. The van der Waals surface area contributed by atoms with E-state index >= 15 is 0 Å². The Labute approximate surface area is 93.2 Å². The van der Waals surface area contributed by atoms with E-state index in [2.05, 4.69) is 12.2 Å². The molecule has 0 aromatic carbocycles. The number of aliphatic hydroxyl groups is 1. The zero-order valence-electron chi connectivity index (χ0n) is 10.5. The second kappa shape index (κ2) is 4.81. The largest absolute Gasteiger partial charge is 0.389 e. The molecule has 0 aromatic heterocycles. The lowest BCUT2D eigenvalue weighted by Crippen LogP contribution is -2.47. The standard InChI is InChI=1S/C12H25NO2/c1-10(2)12(4,14)9-13-8-11(3)6-5-7-15-11/h10,13-14H,5-9H2,1-4H3. The summed E-state index contributed by atoms with van der Waals surface area (Å²) in [4.78, 5) is 0. The van der Waals surface area contributed by atoms with Gasteiger partial charge in [-0.15, -0.1) is 0 Å². The highest BCUT2D eigenvalue weighted by molar-refractivity contribution is 4.85. The summed E-state index contributed by atoms with van der Waals surface area (Å²) in [5.74, 6) is 0.266. The summed E-state index contributed by atoms with van der Waals surface area (Å²) in [7, 11) is 0. The molecule has 1 heterocycles. The summed E-state index contributed by atoms with van der Waals surface area (Å²) in [6, 6.07) is 0. The fourth-order valence-corrected chi connectivity index (χ4v) is 1.76. The van der Waals surface area contributed by atoms with Crippen LogP contribution in [0.3, 0.4) is 0 Å². The topological polar surface area (TPSA) is 41.5 Å². The van der Waals surface area contributed by atoms with Gasteiger partial charge in [0.25, 0.3) is 0 Å². The van der Waals surface area contributed by atoms with Crippen LogP contribution in [0, 0.1) is 5.92 Å². The maximum atomic E-state index is 10.0. The Balaban J connectivity index is 2.26. The minimum absolute atomic E-state index is 0.0208. The van der Waals surface area contributed by atoms with Crippen molar-refractivity contribution in [1.29, 1.82) is 0 Å². The van der Waals surface area contributed by atoms with Crippen LogP contribution < -0.4 is 5.32 Å². The third-order valence-electron chi connectivity index (χ3n) is 3.53. The Bertz CT molecular complexity index is 191. The smallest absolute Gasteiger partial charge is 0.0779 e. The van der Waals surface area contributed by atoms with E-state index in [0.29, 0.717) is 6.54 Å². The van der Waals surface area contributed by atoms with Crippen molar-refractivity contribution in [2.75, 3.05) is 19.7 Å². The van der Waals surface area contributed by atoms with Gasteiger partial charge in [0, 0.05) is 19.7 Å². The summed E-state index contributed by atoms with van der Waals surface area (Å²) >= 11 is 0. The van der Waals surface area contributed by atoms with Crippen LogP contribution in [0.25, 0.3) is 0 Å². The Morgan fingerprint density at radius 1 is 1.53 bits per heavy atom. The first-order valence-corrected chi connectivity index (χ1v) is 5.93. The van der Waals surface area contributed by atoms with E-state index in [1.165, 1.54) is 0 Å². The van der Waals surface area contributed by atoms with E-state index < -0.39 is 5.60 Å². The van der Waals surface area contributed by atoms with Gasteiger partial charge in [-0.2, -0.15) is 0 Å². The summed E-state index contributed by atoms with van der Waals surface area (Å²) in [6.45, 7) is 10.4. The zero-order chi connectivity index (χ0) is 11.5. The van der Waals surface area contributed by atoms with E-state index in [9.17, 15) is 5.11 Å². The minimum atomic E-state index is -0.630. The second-order valence-electron chi connectivity index (χ2n) is 5.52. The molecule has 90 valence electrons. The van der Waals surface area contributed by atoms with E-state index in [-0.39, 0.29) is 11.5 Å². The zero-order valence-corrected chi connectivity index (χ0v) is 10.5. The highest BCUT2D eigenvalue weighted by Crippen LogP contribution is 2.24. The van der Waals surface area contributed by atoms with E-state index in [4.69, 9.17) is 4.74 Å². The van der Waals surface area contributed by atoms with Crippen LogP contribution in [-0.2, 0) is 4.74 Å². The van der Waals surface area contributed by atoms with Crippen LogP contribution in [-0.4, -0.2) is 36.0 Å². The molecule has 3 nitrogen and oxygen atoms in total. The fourth-order valence-electron chi connectivity index (χ4n) is 1.76. The molecular formula is C12H25NO2. The molecule has 0 saturated carbocycles. The molecule has 0 aromatic rings. The molecule has 1 fully saturated rings. The third kappa shape index (κ3) is 3.74. The van der Waals surface area contributed by atoms with Crippen molar-refractivity contribution >= 4 is 0 Å². The molecule has 1 rings (SSSR count). The normalized spacial score (nSPS) is 30.8. The lowest BCUT2D eigenvalue weighted by molar-refractivity contribution is -0.00520. The van der Waals surface area contributed by atoms with Crippen LogP contribution in [0.4, 0.5) is 0 Å². The average molecular weight is 215 g/mol. The SMILES string of the molecule is CC(C)C(C)(O)CNCC1(C)CCCO1. The van der Waals surface area contributed by atoms with Gasteiger partial charge in [-0.05, 0) is 32.6 Å². The van der Waals surface area contributed by atoms with E-state index in [1.807, 2.05) is 20.8 Å². The van der Waals surface area contributed by atoms with Gasteiger partial charge < -0.3 is 15.2 Å². The lowest BCUT2D eigenvalue weighted by Gasteiger charge is -2.30. The van der Waals surface area contributed by atoms with Gasteiger partial charge >= 0.3 is 0 Å². The molecule has 2 N–H and O–H groups in total. The van der Waals surface area contributed by atoms with Gasteiger partial charge in [-0.3, -0.25) is 0 Å². The Morgan fingerprint density at radius 2 is 2.20 bits per heavy atom. The van der Waals surface area contributed by atoms with Crippen LogP contribution in [0.2, 0.25) is 0 Å². The van der Waals surface area contributed by atoms with Crippen LogP contribution in [0.1, 0.15) is 40.5 Å². The summed E-state index contributed by atoms with van der Waals surface area (Å²) < 4.78 is 5.67. The molecule has 2 unspecified atom stereocenters. The average Bonchev–Trinajstić information content (AvgIpc) is 2.51. The molecule has 0 bridgehead atoms. The number of hydrogen-bond acceptors (Lipinski definition) is 3. The molecule has 0 radical (unpaired) electrons.